The van der Waals surface area contributed by atoms with E-state index in [0.717, 1.165) is 0 Å². The molecule has 1 aliphatic rings. The summed E-state index contributed by atoms with van der Waals surface area (Å²) in [6.07, 6.45) is 0. The maximum Gasteiger partial charge on any atom is 0.245 e. The molecule has 4 atom stereocenters. The minimum Gasteiger partial charge on any atom is -0.394 e. The van der Waals surface area contributed by atoms with Gasteiger partial charge in [0.15, 0.2) is 0 Å². The lowest BCUT2D eigenvalue weighted by Crippen LogP contribution is -2.60. The Labute approximate surface area is 121 Å². The van der Waals surface area contributed by atoms with Gasteiger partial charge in [-0.25, -0.2) is 0 Å². The summed E-state index contributed by atoms with van der Waals surface area (Å²) in [4.78, 5) is 47.3. The summed E-state index contributed by atoms with van der Waals surface area (Å²) in [6, 6.07) is -3.85. The van der Waals surface area contributed by atoms with Crippen molar-refractivity contribution in [1.29, 1.82) is 0 Å². The van der Waals surface area contributed by atoms with E-state index in [1.165, 1.54) is 20.8 Å². The third kappa shape index (κ3) is 4.42. The molecular weight excluding hydrogens is 280 g/mol. The van der Waals surface area contributed by atoms with Crippen molar-refractivity contribution in [2.45, 2.75) is 44.9 Å². The van der Waals surface area contributed by atoms with E-state index in [1.807, 2.05) is 0 Å². The maximum atomic E-state index is 11.9. The van der Waals surface area contributed by atoms with Crippen LogP contribution in [0.4, 0.5) is 0 Å². The zero-order valence-corrected chi connectivity index (χ0v) is 12.1. The molecule has 1 fully saturated rings. The average molecular weight is 300 g/mol. The second-order valence-corrected chi connectivity index (χ2v) is 4.93. The van der Waals surface area contributed by atoms with Crippen molar-refractivity contribution < 1.29 is 24.3 Å². The van der Waals surface area contributed by atoms with Crippen LogP contribution in [0.2, 0.25) is 0 Å². The van der Waals surface area contributed by atoms with Crippen LogP contribution < -0.4 is 21.3 Å². The van der Waals surface area contributed by atoms with E-state index in [0.29, 0.717) is 0 Å². The molecular formula is C12H20N4O5. The molecule has 0 spiro atoms. The molecule has 0 aromatic heterocycles. The first-order chi connectivity index (χ1) is 9.76. The predicted molar refractivity (Wildman–Crippen MR) is 71.8 cm³/mol. The number of amides is 4. The van der Waals surface area contributed by atoms with Crippen molar-refractivity contribution in [3.63, 3.8) is 0 Å². The van der Waals surface area contributed by atoms with Crippen LogP contribution in [0.15, 0.2) is 0 Å². The Hall–Kier alpha value is -2.16. The fourth-order valence-electron chi connectivity index (χ4n) is 1.68. The number of aliphatic hydroxyl groups excluding tert-OH is 1. The van der Waals surface area contributed by atoms with Gasteiger partial charge in [-0.15, -0.1) is 0 Å². The van der Waals surface area contributed by atoms with E-state index in [2.05, 4.69) is 21.3 Å². The number of carbonyl (C=O) groups is 4. The number of nitrogens with one attached hydrogen (secondary N) is 4. The van der Waals surface area contributed by atoms with Gasteiger partial charge in [-0.3, -0.25) is 19.2 Å². The van der Waals surface area contributed by atoms with Crippen molar-refractivity contribution in [2.24, 2.45) is 0 Å². The lowest BCUT2D eigenvalue weighted by Gasteiger charge is -2.25. The molecule has 21 heavy (non-hydrogen) atoms. The zero-order chi connectivity index (χ0) is 16.2. The third-order valence-electron chi connectivity index (χ3n) is 3.07. The number of rotatable bonds is 1. The summed E-state index contributed by atoms with van der Waals surface area (Å²) < 4.78 is 0. The highest BCUT2D eigenvalue weighted by Crippen LogP contribution is 1.95. The molecule has 0 aliphatic carbocycles. The largest absolute Gasteiger partial charge is 0.394 e. The van der Waals surface area contributed by atoms with E-state index in [1.54, 1.807) is 0 Å². The Morgan fingerprint density at radius 3 is 1.43 bits per heavy atom. The highest BCUT2D eigenvalue weighted by Gasteiger charge is 2.29. The second-order valence-electron chi connectivity index (χ2n) is 4.93. The van der Waals surface area contributed by atoms with E-state index in [9.17, 15) is 19.2 Å². The SMILES string of the molecule is C[C@@H]1NC(=O)[C@H](C)NC(=O)[C@H](CO)NC(=O)[C@H](C)NC1=O. The van der Waals surface area contributed by atoms with Crippen molar-refractivity contribution in [2.75, 3.05) is 6.61 Å². The van der Waals surface area contributed by atoms with Gasteiger partial charge in [0.05, 0.1) is 6.61 Å². The maximum absolute atomic E-state index is 11.9. The van der Waals surface area contributed by atoms with Crippen molar-refractivity contribution in [1.82, 2.24) is 21.3 Å². The van der Waals surface area contributed by atoms with E-state index in [-0.39, 0.29) is 0 Å². The molecule has 1 aliphatic heterocycles. The van der Waals surface area contributed by atoms with Crippen LogP contribution in [-0.4, -0.2) is 59.5 Å². The van der Waals surface area contributed by atoms with Crippen molar-refractivity contribution in [3.05, 3.63) is 0 Å². The normalized spacial score (nSPS) is 32.0. The van der Waals surface area contributed by atoms with Gasteiger partial charge in [0.25, 0.3) is 0 Å². The van der Waals surface area contributed by atoms with E-state index in [4.69, 9.17) is 5.11 Å². The number of hydrogen-bond acceptors (Lipinski definition) is 5. The van der Waals surface area contributed by atoms with Crippen LogP contribution in [0, 0.1) is 0 Å². The first kappa shape index (κ1) is 16.9. The fraction of sp³-hybridized carbons (Fsp3) is 0.667. The molecule has 9 nitrogen and oxygen atoms in total. The van der Waals surface area contributed by atoms with Gasteiger partial charge in [-0.2, -0.15) is 0 Å². The number of carbonyl (C=O) groups excluding carboxylic acids is 4. The van der Waals surface area contributed by atoms with E-state index >= 15 is 0 Å². The summed E-state index contributed by atoms with van der Waals surface area (Å²) in [7, 11) is 0. The molecule has 118 valence electrons. The highest BCUT2D eigenvalue weighted by atomic mass is 16.3. The minimum atomic E-state index is -1.19. The quantitative estimate of drug-likeness (QED) is 0.351. The molecule has 0 bridgehead atoms. The van der Waals surface area contributed by atoms with Crippen molar-refractivity contribution in [3.8, 4) is 0 Å². The first-order valence-corrected chi connectivity index (χ1v) is 6.58. The van der Waals surface area contributed by atoms with Crippen LogP contribution in [0.3, 0.4) is 0 Å². The Morgan fingerprint density at radius 1 is 0.714 bits per heavy atom. The highest BCUT2D eigenvalue weighted by molar-refractivity contribution is 5.97. The summed E-state index contributed by atoms with van der Waals surface area (Å²) in [5.41, 5.74) is 0. The third-order valence-corrected chi connectivity index (χ3v) is 3.07. The molecule has 0 aromatic carbocycles. The van der Waals surface area contributed by atoms with Crippen LogP contribution in [0.25, 0.3) is 0 Å². The van der Waals surface area contributed by atoms with Crippen LogP contribution in [0.1, 0.15) is 20.8 Å². The van der Waals surface area contributed by atoms with Gasteiger partial charge in [0, 0.05) is 0 Å². The molecule has 1 rings (SSSR count). The van der Waals surface area contributed by atoms with Gasteiger partial charge in [-0.05, 0) is 20.8 Å². The lowest BCUT2D eigenvalue weighted by molar-refractivity contribution is -0.136. The molecule has 5 N–H and O–H groups in total. The average Bonchev–Trinajstić information content (AvgIpc) is 2.42. The Kier molecular flexibility index (Phi) is 5.65. The topological polar surface area (TPSA) is 137 Å². The molecule has 0 saturated carbocycles. The van der Waals surface area contributed by atoms with Gasteiger partial charge in [0.1, 0.15) is 24.2 Å². The fourth-order valence-corrected chi connectivity index (χ4v) is 1.68. The first-order valence-electron chi connectivity index (χ1n) is 6.58. The van der Waals surface area contributed by atoms with Gasteiger partial charge in [-0.1, -0.05) is 0 Å². The Balaban J connectivity index is 2.97. The monoisotopic (exact) mass is 300 g/mol. The van der Waals surface area contributed by atoms with Crippen molar-refractivity contribution >= 4 is 23.6 Å². The van der Waals surface area contributed by atoms with Gasteiger partial charge >= 0.3 is 0 Å². The van der Waals surface area contributed by atoms with Gasteiger partial charge in [0.2, 0.25) is 23.6 Å². The van der Waals surface area contributed by atoms with Gasteiger partial charge < -0.3 is 26.4 Å². The smallest absolute Gasteiger partial charge is 0.245 e. The summed E-state index contributed by atoms with van der Waals surface area (Å²) in [5.74, 6) is -2.35. The Bertz CT molecular complexity index is 453. The van der Waals surface area contributed by atoms with Crippen LogP contribution in [-0.2, 0) is 19.2 Å². The minimum absolute atomic E-state index is 0.523. The molecule has 4 amide bonds. The summed E-state index contributed by atoms with van der Waals surface area (Å²) >= 11 is 0. The number of aliphatic hydroxyl groups is 1. The number of hydrogen-bond donors (Lipinski definition) is 5. The molecule has 0 unspecified atom stereocenters. The summed E-state index contributed by atoms with van der Waals surface area (Å²) in [5, 5.41) is 18.7. The summed E-state index contributed by atoms with van der Waals surface area (Å²) in [6.45, 7) is 3.71. The van der Waals surface area contributed by atoms with E-state index < -0.39 is 54.4 Å². The van der Waals surface area contributed by atoms with Crippen LogP contribution >= 0.6 is 0 Å². The molecule has 0 aromatic rings. The second kappa shape index (κ2) is 7.02. The molecule has 0 radical (unpaired) electrons. The predicted octanol–water partition coefficient (Wildman–Crippen LogP) is -3.01. The standard InChI is InChI=1S/C12H20N4O5/c1-5-9(18)14-7(3)11(20)16-8(4-17)12(21)15-6(2)10(19)13-5/h5-8,17H,4H2,1-3H3,(H,13,19)(H,14,18)(H,15,21)(H,16,20)/t5-,6-,7-,8-/m0/s1. The molecule has 1 heterocycles. The lowest BCUT2D eigenvalue weighted by atomic mass is 10.2. The molecule has 1 saturated heterocycles. The zero-order valence-electron chi connectivity index (χ0n) is 12.1. The molecule has 9 heteroatoms. The van der Waals surface area contributed by atoms with Crippen LogP contribution in [0.5, 0.6) is 0 Å². The Morgan fingerprint density at radius 2 is 1.05 bits per heavy atom.